The van der Waals surface area contributed by atoms with Gasteiger partial charge in [-0.05, 0) is 0 Å². The minimum absolute atomic E-state index is 0.0922. The summed E-state index contributed by atoms with van der Waals surface area (Å²) in [5.74, 6) is -4.95. The van der Waals surface area contributed by atoms with Gasteiger partial charge in [-0.25, -0.2) is 0 Å². The van der Waals surface area contributed by atoms with E-state index in [2.05, 4.69) is 31.9 Å². The van der Waals surface area contributed by atoms with Gasteiger partial charge < -0.3 is 156 Å². The second-order valence-electron chi connectivity index (χ2n) is 20.8. The summed E-state index contributed by atoms with van der Waals surface area (Å²) in [7, 11) is 0. The van der Waals surface area contributed by atoms with Crippen molar-refractivity contribution in [3.8, 4) is 0 Å². The lowest BCUT2D eigenvalue weighted by molar-refractivity contribution is -0.369. The molecule has 0 aromatic rings. The van der Waals surface area contributed by atoms with E-state index in [1.807, 2.05) is 0 Å². The molecule has 29 unspecified atom stereocenters. The van der Waals surface area contributed by atoms with Crippen LogP contribution in [0.25, 0.3) is 0 Å². The highest BCUT2D eigenvalue weighted by molar-refractivity contribution is 5.78. The highest BCUT2D eigenvalue weighted by Gasteiger charge is 2.58. The van der Waals surface area contributed by atoms with Crippen LogP contribution in [0.4, 0.5) is 0 Å². The van der Waals surface area contributed by atoms with Crippen molar-refractivity contribution in [3.63, 3.8) is 0 Å². The molecule has 5 aliphatic heterocycles. The molecular formula is C48H80N6O31. The molecule has 5 aliphatic rings. The minimum atomic E-state index is -2.12. The number of aldehydes is 1. The van der Waals surface area contributed by atoms with E-state index in [0.717, 1.165) is 41.5 Å². The zero-order valence-corrected chi connectivity index (χ0v) is 46.8. The van der Waals surface area contributed by atoms with Crippen molar-refractivity contribution in [2.45, 2.75) is 219 Å². The first-order valence-electron chi connectivity index (χ1n) is 26.8. The van der Waals surface area contributed by atoms with Crippen LogP contribution < -0.4 is 31.9 Å². The number of hydrogen-bond acceptors (Lipinski definition) is 31. The van der Waals surface area contributed by atoms with Gasteiger partial charge in [0.2, 0.25) is 35.4 Å². The monoisotopic (exact) mass is 1240 g/mol. The van der Waals surface area contributed by atoms with Crippen molar-refractivity contribution in [2.24, 2.45) is 0 Å². The smallest absolute Gasteiger partial charge is 0.217 e. The van der Waals surface area contributed by atoms with E-state index in [-0.39, 0.29) is 6.29 Å². The molecule has 85 heavy (non-hydrogen) atoms. The fourth-order valence-electron chi connectivity index (χ4n) is 10.5. The van der Waals surface area contributed by atoms with Gasteiger partial charge in [0.05, 0.1) is 39.6 Å². The van der Waals surface area contributed by atoms with Crippen molar-refractivity contribution in [3.05, 3.63) is 0 Å². The Bertz CT molecular complexity index is 2220. The summed E-state index contributed by atoms with van der Waals surface area (Å²) < 4.78 is 59.6. The number of rotatable bonds is 26. The molecule has 0 spiro atoms. The minimum Gasteiger partial charge on any atom is -0.394 e. The third kappa shape index (κ3) is 17.4. The zero-order valence-electron chi connectivity index (χ0n) is 46.8. The largest absolute Gasteiger partial charge is 0.394 e. The van der Waals surface area contributed by atoms with Gasteiger partial charge in [-0.1, -0.05) is 0 Å². The number of ether oxygens (including phenoxy) is 10. The average Bonchev–Trinajstić information content (AvgIpc) is 1.32. The van der Waals surface area contributed by atoms with E-state index in [0.29, 0.717) is 0 Å². The number of carbonyl (C=O) groups is 7. The average molecular weight is 1240 g/mol. The first kappa shape index (κ1) is 71.3. The van der Waals surface area contributed by atoms with Gasteiger partial charge in [0.1, 0.15) is 152 Å². The van der Waals surface area contributed by atoms with Gasteiger partial charge in [0, 0.05) is 41.5 Å². The van der Waals surface area contributed by atoms with Crippen LogP contribution in [0.15, 0.2) is 0 Å². The number of amides is 6. The first-order valence-corrected chi connectivity index (χ1v) is 26.8. The molecule has 5 saturated heterocycles. The van der Waals surface area contributed by atoms with Crippen LogP contribution in [0.3, 0.4) is 0 Å². The third-order valence-corrected chi connectivity index (χ3v) is 14.4. The fourth-order valence-corrected chi connectivity index (χ4v) is 10.5. The SMILES string of the molecule is CC(=O)NC(C=O)C(O)C(OC1OC(CO)C(OC2OC(CO)C(OC3OC(CO)C(OC4OC(CO)C(OC5OC(CO)C(O)C(O)C5NC(C)=O)C(O)C4NC(C)=O)C(O)C3NC(C)=O)C(O)C2NC(C)=O)C(O)C1NC(C)=O)C(O)CO. The summed E-state index contributed by atoms with van der Waals surface area (Å²) in [6.07, 6.45) is -43.2. The molecule has 488 valence electrons. The van der Waals surface area contributed by atoms with Crippen LogP contribution in [0.5, 0.6) is 0 Å². The highest BCUT2D eigenvalue weighted by Crippen LogP contribution is 2.36. The second-order valence-corrected chi connectivity index (χ2v) is 20.8. The summed E-state index contributed by atoms with van der Waals surface area (Å²) in [5.41, 5.74) is 0. The predicted octanol–water partition coefficient (Wildman–Crippen LogP) is -13.4. The molecule has 5 fully saturated rings. The lowest BCUT2D eigenvalue weighted by Crippen LogP contribution is -2.72. The van der Waals surface area contributed by atoms with E-state index < -0.39 is 253 Å². The Balaban J connectivity index is 1.41. The van der Waals surface area contributed by atoms with E-state index >= 15 is 0 Å². The van der Waals surface area contributed by atoms with Crippen LogP contribution >= 0.6 is 0 Å². The fraction of sp³-hybridized carbons (Fsp3) is 0.854. The molecule has 0 aliphatic carbocycles. The van der Waals surface area contributed by atoms with Crippen molar-refractivity contribution in [1.29, 1.82) is 0 Å². The maximum absolute atomic E-state index is 12.8. The Morgan fingerprint density at radius 1 is 0.412 bits per heavy atom. The predicted molar refractivity (Wildman–Crippen MR) is 270 cm³/mol. The molecule has 5 rings (SSSR count). The van der Waals surface area contributed by atoms with Gasteiger partial charge in [-0.15, -0.1) is 0 Å². The number of nitrogens with one attached hydrogen (secondary N) is 6. The lowest BCUT2D eigenvalue weighted by atomic mass is 9.93. The molecule has 0 bridgehead atoms. The second kappa shape index (κ2) is 32.1. The van der Waals surface area contributed by atoms with Crippen LogP contribution in [-0.4, -0.2) is 330 Å². The Hall–Kier alpha value is -4.47. The van der Waals surface area contributed by atoms with Crippen molar-refractivity contribution in [2.75, 3.05) is 39.6 Å². The van der Waals surface area contributed by atoms with E-state index in [1.165, 1.54) is 0 Å². The Morgan fingerprint density at radius 3 is 0.941 bits per heavy atom. The molecule has 37 heteroatoms. The Kier molecular flexibility index (Phi) is 27.0. The van der Waals surface area contributed by atoms with Gasteiger partial charge in [-0.2, -0.15) is 0 Å². The molecule has 0 radical (unpaired) electrons. The van der Waals surface area contributed by atoms with Gasteiger partial charge >= 0.3 is 0 Å². The van der Waals surface area contributed by atoms with Crippen molar-refractivity contribution in [1.82, 2.24) is 31.9 Å². The number of hydrogen-bond donors (Lipinski definition) is 20. The van der Waals surface area contributed by atoms with Gasteiger partial charge in [-0.3, -0.25) is 28.8 Å². The van der Waals surface area contributed by atoms with E-state index in [4.69, 9.17) is 47.4 Å². The molecule has 6 amide bonds. The standard InChI is InChI=1S/C48H80N6O31/c1-14(62)49-20(7-55)32(69)39(21(68)8-56)81-45-28(51-16(3)64)35(72)41(23(10-58)77-45)83-47-30(53-18(5)66)37(74)43(25(12-60)79-47)85-48-31(54-19(6)67)38(75)42(26(13-61)80-48)84-46-29(52-17(4)65)36(73)40(24(11-59)78-46)82-44-27(50-15(2)63)34(71)33(70)22(9-57)76-44/h7,20-48,56-61,68-75H,8-13H2,1-6H3,(H,49,62)(H,50,63)(H,51,64)(H,52,65)(H,53,66)(H,54,67). The van der Waals surface area contributed by atoms with Crippen LogP contribution in [0.2, 0.25) is 0 Å². The number of carbonyl (C=O) groups excluding carboxylic acids is 7. The number of aliphatic hydroxyl groups excluding tert-OH is 14. The normalized spacial score (nSPS) is 40.1. The summed E-state index contributed by atoms with van der Waals surface area (Å²) in [4.78, 5) is 86.5. The molecule has 5 heterocycles. The summed E-state index contributed by atoms with van der Waals surface area (Å²) in [6.45, 7) is -0.0957. The molecule has 37 nitrogen and oxygen atoms in total. The van der Waals surface area contributed by atoms with E-state index in [9.17, 15) is 105 Å². The van der Waals surface area contributed by atoms with E-state index in [1.54, 1.807) is 0 Å². The third-order valence-electron chi connectivity index (χ3n) is 14.4. The van der Waals surface area contributed by atoms with Crippen LogP contribution in [-0.2, 0) is 80.9 Å². The lowest BCUT2D eigenvalue weighted by Gasteiger charge is -2.51. The maximum Gasteiger partial charge on any atom is 0.217 e. The number of aliphatic hydroxyl groups is 14. The maximum atomic E-state index is 12.8. The molecule has 0 aromatic carbocycles. The Morgan fingerprint density at radius 2 is 0.682 bits per heavy atom. The highest BCUT2D eigenvalue weighted by atomic mass is 16.8. The van der Waals surface area contributed by atoms with Gasteiger partial charge in [0.15, 0.2) is 31.5 Å². The molecular weight excluding hydrogens is 1160 g/mol. The molecule has 20 N–H and O–H groups in total. The summed E-state index contributed by atoms with van der Waals surface area (Å²) in [6, 6.07) is -10.4. The summed E-state index contributed by atoms with van der Waals surface area (Å²) >= 11 is 0. The summed E-state index contributed by atoms with van der Waals surface area (Å²) in [5, 5.41) is 167. The van der Waals surface area contributed by atoms with Crippen LogP contribution in [0, 0.1) is 0 Å². The van der Waals surface area contributed by atoms with Crippen molar-refractivity contribution < 1.29 is 152 Å². The Labute approximate surface area is 484 Å². The quantitative estimate of drug-likeness (QED) is 0.0358. The van der Waals surface area contributed by atoms with Crippen LogP contribution in [0.1, 0.15) is 41.5 Å². The van der Waals surface area contributed by atoms with Crippen molar-refractivity contribution >= 4 is 41.7 Å². The topological polar surface area (TPSA) is 567 Å². The zero-order chi connectivity index (χ0) is 63.5. The van der Waals surface area contributed by atoms with Gasteiger partial charge in [0.25, 0.3) is 0 Å². The molecule has 29 atom stereocenters. The first-order chi connectivity index (χ1) is 40.1. The molecule has 0 aromatic heterocycles. The molecule has 0 saturated carbocycles.